The van der Waals surface area contributed by atoms with Gasteiger partial charge in [-0.25, -0.2) is 0 Å². The van der Waals surface area contributed by atoms with Gasteiger partial charge in [-0.15, -0.1) is 0 Å². The summed E-state index contributed by atoms with van der Waals surface area (Å²) in [6, 6.07) is 28.6. The molecule has 0 aliphatic heterocycles. The van der Waals surface area contributed by atoms with Gasteiger partial charge in [-0.2, -0.15) is 0 Å². The van der Waals surface area contributed by atoms with E-state index in [0.29, 0.717) is 0 Å². The largest absolute Gasteiger partial charge is 0 e. The van der Waals surface area contributed by atoms with Crippen molar-refractivity contribution in [1.29, 1.82) is 0 Å². The minimum Gasteiger partial charge on any atom is 0 e. The fraction of sp³-hybridized carbons (Fsp3) is 0.0800. The van der Waals surface area contributed by atoms with Crippen LogP contribution < -0.4 is 4.74 Å². The predicted molar refractivity (Wildman–Crippen MR) is 106 cm³/mol. The Kier molecular flexibility index (Phi) is 18.5. The van der Waals surface area contributed by atoms with E-state index in [1.807, 2.05) is 48.5 Å². The van der Waals surface area contributed by atoms with Gasteiger partial charge in [0.05, 0.1) is 13.0 Å². The van der Waals surface area contributed by atoms with E-state index < -0.39 is 0 Å². The summed E-state index contributed by atoms with van der Waals surface area (Å²) in [5, 5.41) is 0. The minimum atomic E-state index is 0. The van der Waals surface area contributed by atoms with E-state index in [4.69, 9.17) is 18.7 Å². The maximum Gasteiger partial charge on any atom is 0 e. The van der Waals surface area contributed by atoms with Crippen LogP contribution in [0, 0.1) is 31.8 Å². The molecule has 0 saturated carbocycles. The molecule has 0 saturated heterocycles. The van der Waals surface area contributed by atoms with Crippen molar-refractivity contribution < 1.29 is 36.1 Å². The van der Waals surface area contributed by atoms with Crippen LogP contribution in [0.15, 0.2) is 84.9 Å². The van der Waals surface area contributed by atoms with Gasteiger partial charge in [-0.3, -0.25) is 0 Å². The van der Waals surface area contributed by atoms with Gasteiger partial charge >= 0.3 is 33.9 Å². The summed E-state index contributed by atoms with van der Waals surface area (Å²) >= 11 is 0. The first-order chi connectivity index (χ1) is 14.4. The fourth-order valence-corrected chi connectivity index (χ4v) is 2.48. The molecule has 0 N–H and O–H groups in total. The van der Waals surface area contributed by atoms with Gasteiger partial charge in [-0.1, -0.05) is 72.5 Å². The van der Waals surface area contributed by atoms with Crippen LogP contribution in [0.3, 0.4) is 0 Å². The standard InChI is InChI=1S/C22H18O.3CO.Cr/c1-23-21-15-13-20(14-16-21)22(19-10-6-3-7-11-19)17-12-18-8-4-2-5-9-18;3*1-2;/h2-11,13-16,22H,1H3;;;;. The van der Waals surface area contributed by atoms with Crippen molar-refractivity contribution in [3.63, 3.8) is 0 Å². The molecule has 1 atom stereocenters. The molecule has 0 aliphatic carbocycles. The summed E-state index contributed by atoms with van der Waals surface area (Å²) < 4.78 is 27.7. The summed E-state index contributed by atoms with van der Waals surface area (Å²) in [6.07, 6.45) is 0. The van der Waals surface area contributed by atoms with Crippen LogP contribution in [0.5, 0.6) is 5.75 Å². The SMILES string of the molecule is COc1ccc(C(C#Cc2ccccc2)c2ccccc2)cc1.[C-]#[O+].[C-]#[O+].[C-]#[O+].[Cr]. The molecule has 3 rings (SSSR count). The van der Waals surface area contributed by atoms with Crippen LogP contribution in [0.4, 0.5) is 0 Å². The van der Waals surface area contributed by atoms with Crippen molar-refractivity contribution in [1.82, 2.24) is 0 Å². The van der Waals surface area contributed by atoms with Crippen molar-refractivity contribution in [2.24, 2.45) is 0 Å². The molecule has 5 heteroatoms. The van der Waals surface area contributed by atoms with Crippen molar-refractivity contribution >= 4 is 0 Å². The number of benzene rings is 3. The van der Waals surface area contributed by atoms with E-state index in [1.54, 1.807) is 7.11 Å². The second-order valence-electron chi connectivity index (χ2n) is 5.25. The topological polar surface area (TPSA) is 68.9 Å². The summed E-state index contributed by atoms with van der Waals surface area (Å²) in [7, 11) is 1.68. The monoisotopic (exact) mass is 434 g/mol. The van der Waals surface area contributed by atoms with Crippen LogP contribution >= 0.6 is 0 Å². The van der Waals surface area contributed by atoms with E-state index in [-0.39, 0.29) is 23.3 Å². The Morgan fingerprint density at radius 2 is 1.10 bits per heavy atom. The molecule has 148 valence electrons. The summed E-state index contributed by atoms with van der Waals surface area (Å²) in [6.45, 7) is 13.5. The Morgan fingerprint density at radius 3 is 1.57 bits per heavy atom. The molecule has 3 aromatic rings. The molecule has 0 fully saturated rings. The van der Waals surface area contributed by atoms with E-state index >= 15 is 0 Å². The summed E-state index contributed by atoms with van der Waals surface area (Å²) in [4.78, 5) is 0. The maximum absolute atomic E-state index is 7.50. The summed E-state index contributed by atoms with van der Waals surface area (Å²) in [5.41, 5.74) is 3.39. The average Bonchev–Trinajstić information content (AvgIpc) is 2.85. The molecule has 3 aromatic carbocycles. The zero-order valence-corrected chi connectivity index (χ0v) is 17.5. The molecular weight excluding hydrogens is 416 g/mol. The maximum atomic E-state index is 7.50. The smallest absolute Gasteiger partial charge is 0 e. The van der Waals surface area contributed by atoms with Gasteiger partial charge in [-0.05, 0) is 35.4 Å². The average molecular weight is 434 g/mol. The molecule has 0 aromatic heterocycles. The molecule has 0 aliphatic rings. The Labute approximate surface area is 188 Å². The molecular formula is C25H18CrO4. The van der Waals surface area contributed by atoms with E-state index in [1.165, 1.54) is 11.1 Å². The zero-order valence-electron chi connectivity index (χ0n) is 16.2. The molecule has 1 unspecified atom stereocenters. The molecule has 0 spiro atoms. The van der Waals surface area contributed by atoms with Crippen LogP contribution in [0.2, 0.25) is 0 Å². The first kappa shape index (κ1) is 29.0. The Hall–Kier alpha value is -3.23. The second kappa shape index (κ2) is 19.1. The van der Waals surface area contributed by atoms with E-state index in [2.05, 4.69) is 68.2 Å². The second-order valence-corrected chi connectivity index (χ2v) is 5.25. The van der Waals surface area contributed by atoms with Crippen LogP contribution in [0.25, 0.3) is 0 Å². The minimum absolute atomic E-state index is 0. The molecule has 0 heterocycles. The Balaban J connectivity index is 0. The Bertz CT molecular complexity index is 921. The van der Waals surface area contributed by atoms with Gasteiger partial charge in [0, 0.05) is 22.9 Å². The number of hydrogen-bond acceptors (Lipinski definition) is 1. The number of methoxy groups -OCH3 is 1. The van der Waals surface area contributed by atoms with Gasteiger partial charge in [0.2, 0.25) is 0 Å². The molecule has 4 nitrogen and oxygen atoms in total. The first-order valence-electron chi connectivity index (χ1n) is 8.23. The van der Waals surface area contributed by atoms with E-state index in [9.17, 15) is 0 Å². The van der Waals surface area contributed by atoms with Crippen molar-refractivity contribution in [2.45, 2.75) is 5.92 Å². The van der Waals surface area contributed by atoms with Crippen molar-refractivity contribution in [2.75, 3.05) is 7.11 Å². The summed E-state index contributed by atoms with van der Waals surface area (Å²) in [5.74, 6) is 7.61. The first-order valence-corrected chi connectivity index (χ1v) is 8.23. The number of ether oxygens (including phenoxy) is 1. The number of rotatable bonds is 3. The normalized spacial score (nSPS) is 8.77. The molecule has 0 radical (unpaired) electrons. The third-order valence-electron chi connectivity index (χ3n) is 3.72. The van der Waals surface area contributed by atoms with Crippen molar-refractivity contribution in [3.05, 3.63) is 122 Å². The third-order valence-corrected chi connectivity index (χ3v) is 3.72. The molecule has 30 heavy (non-hydrogen) atoms. The predicted octanol–water partition coefficient (Wildman–Crippen LogP) is 4.76. The van der Waals surface area contributed by atoms with Crippen LogP contribution in [-0.4, -0.2) is 7.11 Å². The molecule has 0 amide bonds. The van der Waals surface area contributed by atoms with E-state index in [0.717, 1.165) is 11.3 Å². The third kappa shape index (κ3) is 9.81. The number of hydrogen-bond donors (Lipinski definition) is 0. The Morgan fingerprint density at radius 1 is 0.667 bits per heavy atom. The molecule has 0 bridgehead atoms. The zero-order chi connectivity index (χ0) is 21.9. The van der Waals surface area contributed by atoms with Crippen molar-refractivity contribution in [3.8, 4) is 17.6 Å². The fourth-order valence-electron chi connectivity index (χ4n) is 2.48. The van der Waals surface area contributed by atoms with Crippen LogP contribution in [0.1, 0.15) is 22.6 Å². The van der Waals surface area contributed by atoms with Gasteiger partial charge in [0.1, 0.15) is 5.75 Å². The van der Waals surface area contributed by atoms with Gasteiger partial charge in [0.15, 0.2) is 0 Å². The van der Waals surface area contributed by atoms with Gasteiger partial charge < -0.3 is 4.74 Å². The van der Waals surface area contributed by atoms with Crippen LogP contribution in [-0.2, 0) is 31.3 Å². The quantitative estimate of drug-likeness (QED) is 0.333. The van der Waals surface area contributed by atoms with Gasteiger partial charge in [0.25, 0.3) is 0 Å².